The van der Waals surface area contributed by atoms with Crippen LogP contribution in [0, 0.1) is 11.6 Å². The Balaban J connectivity index is 1.81. The maximum atomic E-state index is 13.4. The molecule has 0 unspecified atom stereocenters. The van der Waals surface area contributed by atoms with E-state index in [2.05, 4.69) is 22.4 Å². The van der Waals surface area contributed by atoms with Gasteiger partial charge in [0, 0.05) is 17.5 Å². The van der Waals surface area contributed by atoms with E-state index in [9.17, 15) is 8.78 Å². The summed E-state index contributed by atoms with van der Waals surface area (Å²) >= 11 is 1.78. The van der Waals surface area contributed by atoms with Gasteiger partial charge in [0.25, 0.3) is 0 Å². The summed E-state index contributed by atoms with van der Waals surface area (Å²) in [5, 5.41) is 2.11. The zero-order valence-electron chi connectivity index (χ0n) is 11.9. The van der Waals surface area contributed by atoms with Crippen LogP contribution >= 0.6 is 11.3 Å². The van der Waals surface area contributed by atoms with Gasteiger partial charge >= 0.3 is 0 Å². The molecule has 112 valence electrons. The van der Waals surface area contributed by atoms with Crippen molar-refractivity contribution in [1.29, 1.82) is 0 Å². The summed E-state index contributed by atoms with van der Waals surface area (Å²) in [4.78, 5) is 3.78. The molecule has 1 aliphatic rings. The Labute approximate surface area is 128 Å². The summed E-state index contributed by atoms with van der Waals surface area (Å²) < 4.78 is 26.4. The second-order valence-corrected chi connectivity index (χ2v) is 6.58. The molecule has 0 N–H and O–H groups in total. The molecule has 4 heteroatoms. The van der Waals surface area contributed by atoms with Crippen molar-refractivity contribution in [2.45, 2.75) is 38.3 Å². The molecule has 1 atom stereocenters. The molecule has 1 nitrogen and oxygen atoms in total. The molecule has 0 saturated carbocycles. The Morgan fingerprint density at radius 3 is 2.76 bits per heavy atom. The first kappa shape index (κ1) is 14.7. The van der Waals surface area contributed by atoms with Crippen molar-refractivity contribution in [2.24, 2.45) is 0 Å². The smallest absolute Gasteiger partial charge is 0.159 e. The van der Waals surface area contributed by atoms with Crippen molar-refractivity contribution >= 4 is 11.3 Å². The number of likely N-dealkylation sites (tertiary alicyclic amines) is 1. The average molecular weight is 307 g/mol. The third-order valence-electron chi connectivity index (χ3n) is 4.10. The van der Waals surface area contributed by atoms with Gasteiger partial charge in [-0.1, -0.05) is 25.0 Å². The molecule has 0 spiro atoms. The second kappa shape index (κ2) is 6.67. The largest absolute Gasteiger partial charge is 0.291 e. The molecule has 3 rings (SSSR count). The first-order valence-electron chi connectivity index (χ1n) is 7.45. The normalized spacial score (nSPS) is 20.4. The Morgan fingerprint density at radius 2 is 2.00 bits per heavy atom. The van der Waals surface area contributed by atoms with Gasteiger partial charge in [0.05, 0.1) is 0 Å². The van der Waals surface area contributed by atoms with Gasteiger partial charge in [0.2, 0.25) is 0 Å². The molecule has 1 fully saturated rings. The fourth-order valence-electron chi connectivity index (χ4n) is 3.03. The van der Waals surface area contributed by atoms with Crippen LogP contribution in [0.3, 0.4) is 0 Å². The first-order chi connectivity index (χ1) is 10.2. The van der Waals surface area contributed by atoms with Crippen LogP contribution in [0.15, 0.2) is 35.7 Å². The van der Waals surface area contributed by atoms with Gasteiger partial charge in [-0.3, -0.25) is 4.90 Å². The monoisotopic (exact) mass is 307 g/mol. The predicted molar refractivity (Wildman–Crippen MR) is 82.3 cm³/mol. The molecule has 1 aliphatic heterocycles. The minimum Gasteiger partial charge on any atom is -0.291 e. The van der Waals surface area contributed by atoms with E-state index in [4.69, 9.17) is 0 Å². The number of halogens is 2. The minimum atomic E-state index is -0.774. The fraction of sp³-hybridized carbons (Fsp3) is 0.412. The molecule has 2 aromatic rings. The number of thiophene rings is 1. The van der Waals surface area contributed by atoms with E-state index in [0.717, 1.165) is 18.5 Å². The maximum Gasteiger partial charge on any atom is 0.159 e. The molecule has 1 saturated heterocycles. The van der Waals surface area contributed by atoms with Crippen LogP contribution in [0.5, 0.6) is 0 Å². The van der Waals surface area contributed by atoms with Crippen LogP contribution in [-0.2, 0) is 6.54 Å². The Hall–Kier alpha value is -1.26. The van der Waals surface area contributed by atoms with Gasteiger partial charge in [-0.25, -0.2) is 8.78 Å². The molecule has 0 amide bonds. The summed E-state index contributed by atoms with van der Waals surface area (Å²) in [5.74, 6) is -1.53. The van der Waals surface area contributed by atoms with E-state index < -0.39 is 11.6 Å². The number of hydrogen-bond donors (Lipinski definition) is 0. The molecule has 1 aromatic carbocycles. The van der Waals surface area contributed by atoms with Crippen LogP contribution < -0.4 is 0 Å². The Bertz CT molecular complexity index is 582. The molecule has 0 radical (unpaired) electrons. The highest BCUT2D eigenvalue weighted by atomic mass is 32.1. The topological polar surface area (TPSA) is 3.24 Å². The summed E-state index contributed by atoms with van der Waals surface area (Å²) in [6, 6.07) is 8.91. The molecule has 0 bridgehead atoms. The van der Waals surface area contributed by atoms with E-state index in [-0.39, 0.29) is 0 Å². The van der Waals surface area contributed by atoms with E-state index in [1.54, 1.807) is 17.4 Å². The van der Waals surface area contributed by atoms with Crippen molar-refractivity contribution in [2.75, 3.05) is 6.54 Å². The predicted octanol–water partition coefficient (Wildman–Crippen LogP) is 5.14. The number of benzene rings is 1. The first-order valence-corrected chi connectivity index (χ1v) is 8.33. The van der Waals surface area contributed by atoms with Crippen LogP contribution in [0.2, 0.25) is 0 Å². The van der Waals surface area contributed by atoms with Crippen LogP contribution in [0.4, 0.5) is 8.78 Å². The maximum absolute atomic E-state index is 13.4. The van der Waals surface area contributed by atoms with E-state index >= 15 is 0 Å². The van der Waals surface area contributed by atoms with E-state index in [1.165, 1.54) is 36.3 Å². The highest BCUT2D eigenvalue weighted by molar-refractivity contribution is 7.10. The minimum absolute atomic E-state index is 0.403. The van der Waals surface area contributed by atoms with Crippen molar-refractivity contribution in [3.05, 3.63) is 57.8 Å². The van der Waals surface area contributed by atoms with Crippen LogP contribution in [0.25, 0.3) is 0 Å². The van der Waals surface area contributed by atoms with Crippen molar-refractivity contribution < 1.29 is 8.78 Å². The lowest BCUT2D eigenvalue weighted by Crippen LogP contribution is -2.27. The third-order valence-corrected chi connectivity index (χ3v) is 5.08. The third kappa shape index (κ3) is 3.50. The number of hydrogen-bond acceptors (Lipinski definition) is 2. The van der Waals surface area contributed by atoms with Crippen molar-refractivity contribution in [3.63, 3.8) is 0 Å². The van der Waals surface area contributed by atoms with Crippen molar-refractivity contribution in [3.8, 4) is 0 Å². The lowest BCUT2D eigenvalue weighted by molar-refractivity contribution is 0.195. The lowest BCUT2D eigenvalue weighted by Gasteiger charge is -2.29. The van der Waals surface area contributed by atoms with Gasteiger partial charge in [0.15, 0.2) is 11.6 Å². The van der Waals surface area contributed by atoms with Gasteiger partial charge < -0.3 is 0 Å². The van der Waals surface area contributed by atoms with Gasteiger partial charge in [-0.15, -0.1) is 11.3 Å². The van der Waals surface area contributed by atoms with Gasteiger partial charge in [-0.05, 0) is 48.5 Å². The fourth-order valence-corrected chi connectivity index (χ4v) is 3.93. The highest BCUT2D eigenvalue weighted by Gasteiger charge is 2.23. The van der Waals surface area contributed by atoms with Crippen molar-refractivity contribution in [1.82, 2.24) is 4.90 Å². The molecular formula is C17H19F2NS. The molecule has 2 heterocycles. The summed E-state index contributed by atoms with van der Waals surface area (Å²) in [6.07, 6.45) is 4.79. The van der Waals surface area contributed by atoms with E-state index in [1.807, 2.05) is 0 Å². The summed E-state index contributed by atoms with van der Waals surface area (Å²) in [5.41, 5.74) is 0.845. The zero-order chi connectivity index (χ0) is 14.7. The second-order valence-electron chi connectivity index (χ2n) is 5.60. The molecule has 21 heavy (non-hydrogen) atoms. The van der Waals surface area contributed by atoms with E-state index in [0.29, 0.717) is 12.6 Å². The SMILES string of the molecule is Fc1ccc(CN2CCCCC[C@@H]2c2cccs2)cc1F. The van der Waals surface area contributed by atoms with Crippen LogP contribution in [-0.4, -0.2) is 11.4 Å². The number of rotatable bonds is 3. The zero-order valence-corrected chi connectivity index (χ0v) is 12.7. The summed E-state index contributed by atoms with van der Waals surface area (Å²) in [7, 11) is 0. The molecular weight excluding hydrogens is 288 g/mol. The molecule has 1 aromatic heterocycles. The summed E-state index contributed by atoms with van der Waals surface area (Å²) in [6.45, 7) is 1.70. The van der Waals surface area contributed by atoms with Crippen LogP contribution in [0.1, 0.15) is 42.2 Å². The highest BCUT2D eigenvalue weighted by Crippen LogP contribution is 2.33. The standard InChI is InChI=1S/C17H19F2NS/c18-14-8-7-13(11-15(14)19)12-20-9-3-1-2-5-16(20)17-6-4-10-21-17/h4,6-8,10-11,16H,1-3,5,9,12H2/t16-/m1/s1. The average Bonchev–Trinajstić information content (AvgIpc) is 2.91. The van der Waals surface area contributed by atoms with Gasteiger partial charge in [0.1, 0.15) is 0 Å². The molecule has 0 aliphatic carbocycles. The number of nitrogens with zero attached hydrogens (tertiary/aromatic N) is 1. The Kier molecular flexibility index (Phi) is 4.66. The Morgan fingerprint density at radius 1 is 1.10 bits per heavy atom. The van der Waals surface area contributed by atoms with Gasteiger partial charge in [-0.2, -0.15) is 0 Å². The quantitative estimate of drug-likeness (QED) is 0.758. The lowest BCUT2D eigenvalue weighted by atomic mass is 10.1.